The van der Waals surface area contributed by atoms with Crippen molar-refractivity contribution in [3.05, 3.63) is 57.0 Å². The second-order valence-electron chi connectivity index (χ2n) is 5.07. The lowest BCUT2D eigenvalue weighted by molar-refractivity contribution is 0.0701. The zero-order chi connectivity index (χ0) is 16.6. The molecule has 1 aromatic carbocycles. The lowest BCUT2D eigenvalue weighted by Crippen LogP contribution is -2.21. The van der Waals surface area contributed by atoms with Crippen LogP contribution in [0.15, 0.2) is 35.4 Å². The zero-order valence-corrected chi connectivity index (χ0v) is 13.4. The van der Waals surface area contributed by atoms with Gasteiger partial charge in [-0.1, -0.05) is 12.1 Å². The molecule has 23 heavy (non-hydrogen) atoms. The number of fused-ring (bicyclic) bond motifs is 1. The molecule has 1 N–H and O–H groups in total. The van der Waals surface area contributed by atoms with E-state index >= 15 is 0 Å². The van der Waals surface area contributed by atoms with Crippen LogP contribution in [-0.2, 0) is 6.54 Å². The molecule has 0 fully saturated rings. The summed E-state index contributed by atoms with van der Waals surface area (Å²) in [5, 5.41) is 9.55. The molecule has 0 bridgehead atoms. The van der Waals surface area contributed by atoms with Gasteiger partial charge in [-0.05, 0) is 30.2 Å². The Labute approximate surface area is 135 Å². The maximum atomic E-state index is 12.6. The Hall–Kier alpha value is -2.67. The quantitative estimate of drug-likeness (QED) is 0.795. The third-order valence-electron chi connectivity index (χ3n) is 3.62. The normalized spacial score (nSPS) is 10.9. The molecule has 3 rings (SSSR count). The molecule has 0 unspecified atom stereocenters. The maximum absolute atomic E-state index is 12.6. The summed E-state index contributed by atoms with van der Waals surface area (Å²) in [5.41, 5.74) is 1.17. The second kappa shape index (κ2) is 5.85. The molecule has 118 valence electrons. The van der Waals surface area contributed by atoms with Crippen molar-refractivity contribution >= 4 is 27.5 Å². The van der Waals surface area contributed by atoms with E-state index in [0.717, 1.165) is 22.6 Å². The summed E-state index contributed by atoms with van der Waals surface area (Å²) in [6.45, 7) is 2.01. The van der Waals surface area contributed by atoms with Gasteiger partial charge < -0.3 is 9.84 Å². The van der Waals surface area contributed by atoms with E-state index in [1.165, 1.54) is 10.9 Å². The first kappa shape index (κ1) is 15.2. The van der Waals surface area contributed by atoms with E-state index in [0.29, 0.717) is 22.3 Å². The van der Waals surface area contributed by atoms with Crippen molar-refractivity contribution in [1.29, 1.82) is 0 Å². The molecule has 0 amide bonds. The first-order valence-electron chi connectivity index (χ1n) is 6.86. The smallest absolute Gasteiger partial charge is 0.346 e. The Morgan fingerprint density at radius 2 is 2.04 bits per heavy atom. The first-order chi connectivity index (χ1) is 11.0. The van der Waals surface area contributed by atoms with Crippen LogP contribution < -0.4 is 10.3 Å². The number of carboxylic acid groups (broad SMARTS) is 1. The van der Waals surface area contributed by atoms with Crippen LogP contribution in [0.4, 0.5) is 0 Å². The number of rotatable bonds is 4. The molecule has 0 aliphatic heterocycles. The van der Waals surface area contributed by atoms with E-state index in [2.05, 4.69) is 4.98 Å². The predicted octanol–water partition coefficient (Wildman–Crippen LogP) is 2.52. The average Bonchev–Trinajstić information content (AvgIpc) is 2.89. The van der Waals surface area contributed by atoms with Crippen LogP contribution in [0.2, 0.25) is 0 Å². The van der Waals surface area contributed by atoms with Gasteiger partial charge in [0.05, 0.1) is 25.4 Å². The average molecular weight is 330 g/mol. The number of aromatic carboxylic acids is 1. The lowest BCUT2D eigenvalue weighted by Gasteiger charge is -2.06. The summed E-state index contributed by atoms with van der Waals surface area (Å²) < 4.78 is 6.59. The lowest BCUT2D eigenvalue weighted by atomic mass is 10.2. The van der Waals surface area contributed by atoms with Crippen molar-refractivity contribution in [3.8, 4) is 5.75 Å². The highest BCUT2D eigenvalue weighted by atomic mass is 32.1. The van der Waals surface area contributed by atoms with Gasteiger partial charge in [0.1, 0.15) is 15.5 Å². The number of hydrogen-bond acceptors (Lipinski definition) is 5. The monoisotopic (exact) mass is 330 g/mol. The minimum absolute atomic E-state index is 0.159. The number of benzene rings is 1. The van der Waals surface area contributed by atoms with Crippen LogP contribution in [0.5, 0.6) is 5.75 Å². The summed E-state index contributed by atoms with van der Waals surface area (Å²) in [7, 11) is 1.59. The van der Waals surface area contributed by atoms with E-state index < -0.39 is 5.97 Å². The number of aromatic nitrogens is 2. The molecule has 2 heterocycles. The largest absolute Gasteiger partial charge is 0.497 e. The number of ether oxygens (including phenoxy) is 1. The Bertz CT molecular complexity index is 941. The van der Waals surface area contributed by atoms with E-state index in [1.54, 1.807) is 14.0 Å². The topological polar surface area (TPSA) is 81.4 Å². The first-order valence-corrected chi connectivity index (χ1v) is 7.67. The molecule has 0 saturated heterocycles. The molecular formula is C16H14N2O4S. The summed E-state index contributed by atoms with van der Waals surface area (Å²) in [4.78, 5) is 28.7. The van der Waals surface area contributed by atoms with Crippen LogP contribution in [0.3, 0.4) is 0 Å². The third kappa shape index (κ3) is 2.70. The fraction of sp³-hybridized carbons (Fsp3) is 0.188. The Kier molecular flexibility index (Phi) is 3.87. The molecule has 0 aliphatic carbocycles. The van der Waals surface area contributed by atoms with E-state index in [9.17, 15) is 14.7 Å². The molecule has 0 radical (unpaired) electrons. The van der Waals surface area contributed by atoms with Crippen LogP contribution >= 0.6 is 11.3 Å². The van der Waals surface area contributed by atoms with Crippen molar-refractivity contribution < 1.29 is 14.6 Å². The summed E-state index contributed by atoms with van der Waals surface area (Å²) in [6.07, 6.45) is 1.45. The highest BCUT2D eigenvalue weighted by molar-refractivity contribution is 7.20. The van der Waals surface area contributed by atoms with Crippen LogP contribution in [-0.4, -0.2) is 27.7 Å². The predicted molar refractivity (Wildman–Crippen MR) is 87.7 cm³/mol. The number of carboxylic acids is 1. The minimum atomic E-state index is -1.04. The summed E-state index contributed by atoms with van der Waals surface area (Å²) >= 11 is 1.03. The Morgan fingerprint density at radius 1 is 1.35 bits per heavy atom. The number of hydrogen-bond donors (Lipinski definition) is 1. The molecule has 7 heteroatoms. The molecule has 0 aliphatic rings. The highest BCUT2D eigenvalue weighted by Gasteiger charge is 2.18. The van der Waals surface area contributed by atoms with E-state index in [-0.39, 0.29) is 10.4 Å². The van der Waals surface area contributed by atoms with Gasteiger partial charge in [0, 0.05) is 0 Å². The van der Waals surface area contributed by atoms with Crippen molar-refractivity contribution in [3.63, 3.8) is 0 Å². The van der Waals surface area contributed by atoms with Crippen LogP contribution in [0, 0.1) is 6.92 Å². The SMILES string of the molecule is COc1ccc(Cn2cnc3sc(C(=O)O)c(C)c3c2=O)cc1. The second-order valence-corrected chi connectivity index (χ2v) is 6.07. The minimum Gasteiger partial charge on any atom is -0.497 e. The summed E-state index contributed by atoms with van der Waals surface area (Å²) in [6, 6.07) is 7.40. The molecule has 2 aromatic heterocycles. The van der Waals surface area contributed by atoms with Gasteiger partial charge in [-0.15, -0.1) is 11.3 Å². The fourth-order valence-corrected chi connectivity index (χ4v) is 3.38. The van der Waals surface area contributed by atoms with Gasteiger partial charge in [-0.25, -0.2) is 9.78 Å². The molecule has 0 atom stereocenters. The van der Waals surface area contributed by atoms with Crippen LogP contribution in [0.25, 0.3) is 10.2 Å². The molecule has 3 aromatic rings. The van der Waals surface area contributed by atoms with Crippen molar-refractivity contribution in [1.82, 2.24) is 9.55 Å². The maximum Gasteiger partial charge on any atom is 0.346 e. The Morgan fingerprint density at radius 3 is 2.65 bits per heavy atom. The molecular weight excluding hydrogens is 316 g/mol. The number of thiophene rings is 1. The zero-order valence-electron chi connectivity index (χ0n) is 12.6. The summed E-state index contributed by atoms with van der Waals surface area (Å²) in [5.74, 6) is -0.291. The standard InChI is InChI=1S/C16H14N2O4S/c1-9-12-14(23-13(9)16(20)21)17-8-18(15(12)19)7-10-3-5-11(22-2)6-4-10/h3-6,8H,7H2,1-2H3,(H,20,21). The van der Waals surface area contributed by atoms with Gasteiger partial charge in [-0.3, -0.25) is 9.36 Å². The number of methoxy groups -OCH3 is 1. The van der Waals surface area contributed by atoms with E-state index in [1.807, 2.05) is 24.3 Å². The van der Waals surface area contributed by atoms with Gasteiger partial charge >= 0.3 is 5.97 Å². The van der Waals surface area contributed by atoms with Gasteiger partial charge in [0.2, 0.25) is 0 Å². The number of nitrogens with zero attached hydrogens (tertiary/aromatic N) is 2. The molecule has 0 spiro atoms. The van der Waals surface area contributed by atoms with Crippen LogP contribution in [0.1, 0.15) is 20.8 Å². The molecule has 6 nitrogen and oxygen atoms in total. The van der Waals surface area contributed by atoms with Crippen molar-refractivity contribution in [2.24, 2.45) is 0 Å². The third-order valence-corrected chi connectivity index (χ3v) is 4.81. The number of aryl methyl sites for hydroxylation is 1. The van der Waals surface area contributed by atoms with Crippen molar-refractivity contribution in [2.75, 3.05) is 7.11 Å². The highest BCUT2D eigenvalue weighted by Crippen LogP contribution is 2.26. The van der Waals surface area contributed by atoms with Gasteiger partial charge in [0.25, 0.3) is 5.56 Å². The number of carbonyl (C=O) groups is 1. The molecule has 0 saturated carbocycles. The van der Waals surface area contributed by atoms with Gasteiger partial charge in [0.15, 0.2) is 0 Å². The Balaban J connectivity index is 2.04. The van der Waals surface area contributed by atoms with E-state index in [4.69, 9.17) is 4.74 Å². The van der Waals surface area contributed by atoms with Crippen molar-refractivity contribution in [2.45, 2.75) is 13.5 Å². The fourth-order valence-electron chi connectivity index (χ4n) is 2.40. The van der Waals surface area contributed by atoms with Gasteiger partial charge in [-0.2, -0.15) is 0 Å².